The SMILES string of the molecule is N[C@H]1Cc2cc(Cl)c(Cl)cc2N(O)C1=O. The molecule has 0 aliphatic carbocycles. The zero-order valence-electron chi connectivity index (χ0n) is 7.58. The van der Waals surface area contributed by atoms with Gasteiger partial charge in [-0.1, -0.05) is 23.2 Å². The minimum Gasteiger partial charge on any atom is -0.320 e. The van der Waals surface area contributed by atoms with Crippen molar-refractivity contribution in [2.45, 2.75) is 12.5 Å². The number of benzene rings is 1. The van der Waals surface area contributed by atoms with Crippen molar-refractivity contribution in [1.82, 2.24) is 0 Å². The molecular weight excluding hydrogens is 239 g/mol. The minimum absolute atomic E-state index is 0.290. The van der Waals surface area contributed by atoms with E-state index in [-0.39, 0.29) is 5.02 Å². The average molecular weight is 247 g/mol. The summed E-state index contributed by atoms with van der Waals surface area (Å²) < 4.78 is 0. The Morgan fingerprint density at radius 1 is 1.40 bits per heavy atom. The van der Waals surface area contributed by atoms with E-state index in [1.807, 2.05) is 0 Å². The summed E-state index contributed by atoms with van der Waals surface area (Å²) >= 11 is 11.6. The van der Waals surface area contributed by atoms with Gasteiger partial charge in [-0.2, -0.15) is 5.06 Å². The number of rotatable bonds is 0. The van der Waals surface area contributed by atoms with Crippen LogP contribution >= 0.6 is 23.2 Å². The second kappa shape index (κ2) is 3.64. The normalized spacial score (nSPS) is 20.4. The zero-order chi connectivity index (χ0) is 11.2. The molecule has 0 unspecified atom stereocenters. The fraction of sp³-hybridized carbons (Fsp3) is 0.222. The predicted octanol–water partition coefficient (Wildman–Crippen LogP) is 1.60. The maximum Gasteiger partial charge on any atom is 0.267 e. The van der Waals surface area contributed by atoms with Crippen molar-refractivity contribution in [1.29, 1.82) is 0 Å². The molecule has 1 aromatic carbocycles. The molecule has 0 fully saturated rings. The van der Waals surface area contributed by atoms with Crippen molar-refractivity contribution in [2.24, 2.45) is 5.73 Å². The van der Waals surface area contributed by atoms with Gasteiger partial charge in [-0.3, -0.25) is 10.0 Å². The van der Waals surface area contributed by atoms with Gasteiger partial charge in [0.1, 0.15) is 0 Å². The van der Waals surface area contributed by atoms with Crippen LogP contribution in [0.5, 0.6) is 0 Å². The molecule has 1 atom stereocenters. The lowest BCUT2D eigenvalue weighted by atomic mass is 9.99. The largest absolute Gasteiger partial charge is 0.320 e. The Kier molecular flexibility index (Phi) is 2.60. The number of carbonyl (C=O) groups excluding carboxylic acids is 1. The van der Waals surface area contributed by atoms with E-state index in [1.54, 1.807) is 6.07 Å². The van der Waals surface area contributed by atoms with E-state index in [0.717, 1.165) is 0 Å². The highest BCUT2D eigenvalue weighted by Gasteiger charge is 2.30. The van der Waals surface area contributed by atoms with E-state index in [1.165, 1.54) is 6.07 Å². The summed E-state index contributed by atoms with van der Waals surface area (Å²) in [6.45, 7) is 0. The Hall–Kier alpha value is -0.810. The molecule has 15 heavy (non-hydrogen) atoms. The Morgan fingerprint density at radius 3 is 2.67 bits per heavy atom. The number of hydroxylamine groups is 1. The molecule has 0 saturated carbocycles. The summed E-state index contributed by atoms with van der Waals surface area (Å²) in [5.74, 6) is -0.541. The monoisotopic (exact) mass is 246 g/mol. The van der Waals surface area contributed by atoms with Gasteiger partial charge < -0.3 is 5.73 Å². The van der Waals surface area contributed by atoms with Crippen LogP contribution in [0, 0.1) is 0 Å². The molecule has 1 aromatic rings. The van der Waals surface area contributed by atoms with Gasteiger partial charge in [-0.25, -0.2) is 0 Å². The van der Waals surface area contributed by atoms with Gasteiger partial charge >= 0.3 is 0 Å². The first kappa shape index (κ1) is 10.7. The van der Waals surface area contributed by atoms with Crippen LogP contribution in [0.15, 0.2) is 12.1 Å². The molecule has 2 rings (SSSR count). The van der Waals surface area contributed by atoms with E-state index in [2.05, 4.69) is 0 Å². The number of nitrogens with two attached hydrogens (primary N) is 1. The first-order chi connectivity index (χ1) is 7.00. The molecule has 80 valence electrons. The predicted molar refractivity (Wildman–Crippen MR) is 57.4 cm³/mol. The van der Waals surface area contributed by atoms with Crippen molar-refractivity contribution >= 4 is 34.8 Å². The second-order valence-electron chi connectivity index (χ2n) is 3.36. The molecule has 0 aromatic heterocycles. The van der Waals surface area contributed by atoms with Crippen LogP contribution in [0.3, 0.4) is 0 Å². The van der Waals surface area contributed by atoms with Gasteiger partial charge in [0.15, 0.2) is 0 Å². The van der Waals surface area contributed by atoms with E-state index >= 15 is 0 Å². The lowest BCUT2D eigenvalue weighted by molar-refractivity contribution is -0.125. The molecule has 1 aliphatic rings. The van der Waals surface area contributed by atoms with Crippen LogP contribution in [-0.4, -0.2) is 17.2 Å². The molecule has 1 amide bonds. The second-order valence-corrected chi connectivity index (χ2v) is 4.17. The highest BCUT2D eigenvalue weighted by atomic mass is 35.5. The van der Waals surface area contributed by atoms with E-state index in [9.17, 15) is 10.0 Å². The lowest BCUT2D eigenvalue weighted by Crippen LogP contribution is -2.47. The summed E-state index contributed by atoms with van der Waals surface area (Å²) in [5, 5.41) is 10.7. The van der Waals surface area contributed by atoms with Gasteiger partial charge in [0, 0.05) is 0 Å². The maximum atomic E-state index is 11.4. The van der Waals surface area contributed by atoms with Gasteiger partial charge in [0.2, 0.25) is 0 Å². The standard InChI is InChI=1S/C9H8Cl2N2O2/c10-5-1-4-2-7(12)9(14)13(15)8(4)3-6(5)11/h1,3,7,15H,2,12H2/t7-/m0/s1. The molecule has 4 nitrogen and oxygen atoms in total. The number of nitrogens with zero attached hydrogens (tertiary/aromatic N) is 1. The van der Waals surface area contributed by atoms with Crippen LogP contribution in [-0.2, 0) is 11.2 Å². The third kappa shape index (κ3) is 1.70. The summed E-state index contributed by atoms with van der Waals surface area (Å²) in [6, 6.07) is 2.32. The van der Waals surface area contributed by atoms with Crippen LogP contribution in [0.25, 0.3) is 0 Å². The fourth-order valence-corrected chi connectivity index (χ4v) is 1.88. The number of fused-ring (bicyclic) bond motifs is 1. The number of anilines is 1. The average Bonchev–Trinajstić information content (AvgIpc) is 2.19. The maximum absolute atomic E-state index is 11.4. The van der Waals surface area contributed by atoms with Gasteiger partial charge in [0.05, 0.1) is 21.8 Å². The molecule has 0 bridgehead atoms. The zero-order valence-corrected chi connectivity index (χ0v) is 9.09. The van der Waals surface area contributed by atoms with Crippen molar-refractivity contribution in [3.05, 3.63) is 27.7 Å². The molecule has 0 radical (unpaired) electrons. The van der Waals surface area contributed by atoms with E-state index in [4.69, 9.17) is 28.9 Å². The topological polar surface area (TPSA) is 66.6 Å². The Morgan fingerprint density at radius 2 is 2.00 bits per heavy atom. The molecular formula is C9H8Cl2N2O2. The van der Waals surface area contributed by atoms with Crippen molar-refractivity contribution in [2.75, 3.05) is 5.06 Å². The van der Waals surface area contributed by atoms with Gasteiger partial charge in [0.25, 0.3) is 5.91 Å². The molecule has 6 heteroatoms. The first-order valence-corrected chi connectivity index (χ1v) is 5.02. The minimum atomic E-state index is -0.736. The third-order valence-electron chi connectivity index (χ3n) is 2.32. The van der Waals surface area contributed by atoms with Crippen LogP contribution in [0.1, 0.15) is 5.56 Å². The highest BCUT2D eigenvalue weighted by Crippen LogP contribution is 2.33. The Balaban J connectivity index is 2.56. The smallest absolute Gasteiger partial charge is 0.267 e. The van der Waals surface area contributed by atoms with Crippen molar-refractivity contribution in [3.8, 4) is 0 Å². The van der Waals surface area contributed by atoms with Crippen LogP contribution in [0.4, 0.5) is 5.69 Å². The van der Waals surface area contributed by atoms with E-state index in [0.29, 0.717) is 27.8 Å². The Bertz CT molecular complexity index is 436. The first-order valence-electron chi connectivity index (χ1n) is 4.27. The number of hydrogen-bond acceptors (Lipinski definition) is 3. The summed E-state index contributed by atoms with van der Waals surface area (Å²) in [4.78, 5) is 11.4. The van der Waals surface area contributed by atoms with Crippen LogP contribution < -0.4 is 10.8 Å². The molecule has 3 N–H and O–H groups in total. The number of hydrogen-bond donors (Lipinski definition) is 2. The van der Waals surface area contributed by atoms with Crippen LogP contribution in [0.2, 0.25) is 10.0 Å². The van der Waals surface area contributed by atoms with Crippen molar-refractivity contribution < 1.29 is 10.0 Å². The fourth-order valence-electron chi connectivity index (χ4n) is 1.54. The quantitative estimate of drug-likeness (QED) is 0.684. The lowest BCUT2D eigenvalue weighted by Gasteiger charge is -2.27. The van der Waals surface area contributed by atoms with Crippen molar-refractivity contribution in [3.63, 3.8) is 0 Å². The molecule has 0 saturated heterocycles. The number of halogens is 2. The summed E-state index contributed by atoms with van der Waals surface area (Å²) in [7, 11) is 0. The Labute approximate surface area is 96.1 Å². The summed E-state index contributed by atoms with van der Waals surface area (Å²) in [6.07, 6.45) is 0.349. The number of carbonyl (C=O) groups is 1. The summed E-state index contributed by atoms with van der Waals surface area (Å²) in [5.41, 5.74) is 6.60. The molecule has 1 heterocycles. The molecule has 0 spiro atoms. The van der Waals surface area contributed by atoms with Gasteiger partial charge in [-0.05, 0) is 24.1 Å². The van der Waals surface area contributed by atoms with E-state index < -0.39 is 11.9 Å². The van der Waals surface area contributed by atoms with Gasteiger partial charge in [-0.15, -0.1) is 0 Å². The molecule has 1 aliphatic heterocycles. The number of amides is 1. The third-order valence-corrected chi connectivity index (χ3v) is 3.04. The highest BCUT2D eigenvalue weighted by molar-refractivity contribution is 6.42.